The molecule has 31 heavy (non-hydrogen) atoms. The van der Waals surface area contributed by atoms with E-state index in [9.17, 15) is 18.0 Å². The number of amides is 2. The quantitative estimate of drug-likeness (QED) is 0.548. The summed E-state index contributed by atoms with van der Waals surface area (Å²) in [4.78, 5) is 28.6. The number of anilines is 1. The monoisotopic (exact) mass is 441 g/mol. The number of carbonyl (C=O) groups is 2. The zero-order valence-corrected chi connectivity index (χ0v) is 17.9. The molecule has 0 radical (unpaired) electrons. The summed E-state index contributed by atoms with van der Waals surface area (Å²) in [5.41, 5.74) is 2.22. The van der Waals surface area contributed by atoms with E-state index in [0.717, 1.165) is 21.4 Å². The topological polar surface area (TPSA) is 109 Å². The minimum Gasteiger partial charge on any atom is -0.495 e. The molecule has 1 saturated heterocycles. The van der Waals surface area contributed by atoms with E-state index in [-0.39, 0.29) is 47.5 Å². The van der Waals surface area contributed by atoms with Gasteiger partial charge in [-0.15, -0.1) is 0 Å². The lowest BCUT2D eigenvalue weighted by Crippen LogP contribution is -2.40. The van der Waals surface area contributed by atoms with E-state index in [1.807, 2.05) is 30.5 Å². The molecule has 0 aliphatic carbocycles. The van der Waals surface area contributed by atoms with E-state index >= 15 is 0 Å². The van der Waals surface area contributed by atoms with Crippen LogP contribution in [0.5, 0.6) is 5.75 Å². The van der Waals surface area contributed by atoms with Crippen molar-refractivity contribution in [3.63, 3.8) is 0 Å². The number of aromatic amines is 1. The fraction of sp³-hybridized carbons (Fsp3) is 0.273. The van der Waals surface area contributed by atoms with Gasteiger partial charge in [-0.3, -0.25) is 14.5 Å². The highest BCUT2D eigenvalue weighted by atomic mass is 32.2. The van der Waals surface area contributed by atoms with E-state index in [4.69, 9.17) is 4.74 Å². The van der Waals surface area contributed by atoms with Crippen molar-refractivity contribution >= 4 is 38.4 Å². The first-order chi connectivity index (χ1) is 14.9. The summed E-state index contributed by atoms with van der Waals surface area (Å²) < 4.78 is 33.9. The summed E-state index contributed by atoms with van der Waals surface area (Å²) in [5.74, 6) is -0.533. The van der Waals surface area contributed by atoms with Crippen molar-refractivity contribution in [3.8, 4) is 5.75 Å². The summed E-state index contributed by atoms with van der Waals surface area (Å²) in [7, 11) is -2.57. The predicted molar refractivity (Wildman–Crippen MR) is 117 cm³/mol. The highest BCUT2D eigenvalue weighted by Gasteiger charge is 2.29. The Bertz CT molecular complexity index is 1230. The fourth-order valence-corrected chi connectivity index (χ4v) is 5.01. The van der Waals surface area contributed by atoms with Gasteiger partial charge in [-0.2, -0.15) is 0 Å². The van der Waals surface area contributed by atoms with Crippen LogP contribution in [0, 0.1) is 0 Å². The van der Waals surface area contributed by atoms with Crippen LogP contribution in [0.2, 0.25) is 0 Å². The van der Waals surface area contributed by atoms with Gasteiger partial charge in [0, 0.05) is 36.5 Å². The molecule has 0 unspecified atom stereocenters. The van der Waals surface area contributed by atoms with Gasteiger partial charge in [0.1, 0.15) is 10.6 Å². The zero-order valence-electron chi connectivity index (χ0n) is 17.1. The highest BCUT2D eigenvalue weighted by molar-refractivity contribution is 7.89. The Balaban J connectivity index is 1.56. The minimum absolute atomic E-state index is 0.113. The number of methoxy groups -OCH3 is 1. The molecule has 3 aromatic rings. The molecule has 0 bridgehead atoms. The number of ether oxygens (including phenoxy) is 1. The maximum Gasteiger partial charge on any atom is 0.244 e. The highest BCUT2D eigenvalue weighted by Crippen LogP contribution is 2.31. The van der Waals surface area contributed by atoms with Gasteiger partial charge in [-0.1, -0.05) is 18.2 Å². The molecule has 2 amide bonds. The second kappa shape index (κ2) is 8.52. The largest absolute Gasteiger partial charge is 0.495 e. The third-order valence-electron chi connectivity index (χ3n) is 5.34. The molecule has 1 aliphatic rings. The van der Waals surface area contributed by atoms with Crippen molar-refractivity contribution in [2.75, 3.05) is 18.6 Å². The van der Waals surface area contributed by atoms with Gasteiger partial charge in [0.15, 0.2) is 0 Å². The van der Waals surface area contributed by atoms with Crippen LogP contribution in [-0.2, 0) is 26.0 Å². The van der Waals surface area contributed by atoms with Crippen LogP contribution in [0.4, 0.5) is 5.69 Å². The number of H-pyrrole nitrogens is 1. The van der Waals surface area contributed by atoms with E-state index < -0.39 is 10.0 Å². The molecule has 0 atom stereocenters. The van der Waals surface area contributed by atoms with Crippen molar-refractivity contribution in [2.45, 2.75) is 30.6 Å². The number of piperidine rings is 1. The lowest BCUT2D eigenvalue weighted by atomic mass is 10.1. The number of rotatable bonds is 7. The molecule has 8 nitrogen and oxygen atoms in total. The molecule has 1 fully saturated rings. The number of fused-ring (bicyclic) bond motifs is 1. The molecule has 1 aromatic heterocycles. The molecule has 1 aliphatic heterocycles. The second-order valence-corrected chi connectivity index (χ2v) is 9.05. The van der Waals surface area contributed by atoms with Crippen LogP contribution < -0.4 is 14.4 Å². The Kier molecular flexibility index (Phi) is 5.79. The van der Waals surface area contributed by atoms with Gasteiger partial charge in [-0.25, -0.2) is 13.1 Å². The van der Waals surface area contributed by atoms with Gasteiger partial charge < -0.3 is 9.72 Å². The van der Waals surface area contributed by atoms with Gasteiger partial charge in [0.05, 0.1) is 12.8 Å². The average molecular weight is 442 g/mol. The molecule has 4 rings (SSSR count). The summed E-state index contributed by atoms with van der Waals surface area (Å²) >= 11 is 0. The van der Waals surface area contributed by atoms with Gasteiger partial charge in [0.2, 0.25) is 21.8 Å². The number of benzene rings is 2. The van der Waals surface area contributed by atoms with Gasteiger partial charge >= 0.3 is 0 Å². The Morgan fingerprint density at radius 1 is 1.10 bits per heavy atom. The van der Waals surface area contributed by atoms with Crippen molar-refractivity contribution in [2.24, 2.45) is 0 Å². The number of nitrogens with one attached hydrogen (secondary N) is 2. The molecule has 2 heterocycles. The molecule has 9 heteroatoms. The maximum atomic E-state index is 13.0. The van der Waals surface area contributed by atoms with E-state index in [0.29, 0.717) is 12.8 Å². The standard InChI is InChI=1S/C22H23N3O5S/c1-30-19-10-9-16(25-21(26)7-4-8-22(25)27)13-20(19)31(28,29)24-12-11-15-14-23-18-6-3-2-5-17(15)18/h2-3,5-6,9-10,13-14,23-24H,4,7-8,11-12H2,1H3. The number of aromatic nitrogens is 1. The molecular weight excluding hydrogens is 418 g/mol. The third-order valence-corrected chi connectivity index (χ3v) is 6.82. The number of imide groups is 1. The van der Waals surface area contributed by atoms with Gasteiger partial charge in [-0.05, 0) is 42.7 Å². The summed E-state index contributed by atoms with van der Waals surface area (Å²) in [6.45, 7) is 0.180. The van der Waals surface area contributed by atoms with Crippen LogP contribution in [0.15, 0.2) is 53.6 Å². The first-order valence-corrected chi connectivity index (χ1v) is 11.5. The van der Waals surface area contributed by atoms with Crippen molar-refractivity contribution in [1.29, 1.82) is 0 Å². The maximum absolute atomic E-state index is 13.0. The number of para-hydroxylation sites is 1. The molecule has 0 saturated carbocycles. The number of sulfonamides is 1. The lowest BCUT2D eigenvalue weighted by molar-refractivity contribution is -0.129. The van der Waals surface area contributed by atoms with Crippen LogP contribution in [0.25, 0.3) is 10.9 Å². The molecule has 162 valence electrons. The molecule has 2 N–H and O–H groups in total. The fourth-order valence-electron chi connectivity index (χ4n) is 3.79. The minimum atomic E-state index is -3.94. The van der Waals surface area contributed by atoms with Crippen LogP contribution in [0.1, 0.15) is 24.8 Å². The predicted octanol–water partition coefficient (Wildman–Crippen LogP) is 2.74. The van der Waals surface area contributed by atoms with Gasteiger partial charge in [0.25, 0.3) is 0 Å². The molecule has 0 spiro atoms. The summed E-state index contributed by atoms with van der Waals surface area (Å²) in [6.07, 6.45) is 3.37. The zero-order chi connectivity index (χ0) is 22.0. The summed E-state index contributed by atoms with van der Waals surface area (Å²) in [6, 6.07) is 12.1. The number of nitrogens with zero attached hydrogens (tertiary/aromatic N) is 1. The lowest BCUT2D eigenvalue weighted by Gasteiger charge is -2.25. The van der Waals surface area contributed by atoms with Crippen LogP contribution in [0.3, 0.4) is 0 Å². The van der Waals surface area contributed by atoms with Crippen LogP contribution >= 0.6 is 0 Å². The Labute approximate surface area is 180 Å². The molecule has 2 aromatic carbocycles. The smallest absolute Gasteiger partial charge is 0.244 e. The molecular formula is C22H23N3O5S. The average Bonchev–Trinajstić information content (AvgIpc) is 3.16. The Hall–Kier alpha value is -3.17. The number of hydrogen-bond acceptors (Lipinski definition) is 5. The van der Waals surface area contributed by atoms with E-state index in [1.165, 1.54) is 25.3 Å². The Morgan fingerprint density at radius 2 is 1.84 bits per heavy atom. The first-order valence-electron chi connectivity index (χ1n) is 9.99. The van der Waals surface area contributed by atoms with Crippen molar-refractivity contribution in [3.05, 3.63) is 54.2 Å². The van der Waals surface area contributed by atoms with Crippen molar-refractivity contribution in [1.82, 2.24) is 9.71 Å². The first kappa shape index (κ1) is 21.1. The van der Waals surface area contributed by atoms with E-state index in [1.54, 1.807) is 0 Å². The van der Waals surface area contributed by atoms with E-state index in [2.05, 4.69) is 9.71 Å². The SMILES string of the molecule is COc1ccc(N2C(=O)CCCC2=O)cc1S(=O)(=O)NCCc1c[nH]c2ccccc12. The normalized spacial score (nSPS) is 14.9. The summed E-state index contributed by atoms with van der Waals surface area (Å²) in [5, 5.41) is 1.04. The number of hydrogen-bond donors (Lipinski definition) is 2. The van der Waals surface area contributed by atoms with Crippen molar-refractivity contribution < 1.29 is 22.7 Å². The second-order valence-electron chi connectivity index (χ2n) is 7.32. The number of carbonyl (C=O) groups excluding carboxylic acids is 2. The van der Waals surface area contributed by atoms with Crippen LogP contribution in [-0.4, -0.2) is 38.9 Å². The Morgan fingerprint density at radius 3 is 2.58 bits per heavy atom. The third kappa shape index (κ3) is 4.19.